The summed E-state index contributed by atoms with van der Waals surface area (Å²) in [4.78, 5) is 32.7. The molecule has 1 unspecified atom stereocenters. The molecule has 3 amide bonds. The van der Waals surface area contributed by atoms with Gasteiger partial charge in [0.2, 0.25) is 0 Å². The average molecular weight is 396 g/mol. The minimum atomic E-state index is -1.03. The van der Waals surface area contributed by atoms with Gasteiger partial charge >= 0.3 is 6.03 Å². The van der Waals surface area contributed by atoms with Gasteiger partial charge < -0.3 is 10.2 Å². The number of hydrogen-bond acceptors (Lipinski definition) is 4. The molecule has 3 aromatic rings. The Morgan fingerprint density at radius 2 is 1.82 bits per heavy atom. The first-order chi connectivity index (χ1) is 13.4. The number of urea groups is 1. The summed E-state index contributed by atoms with van der Waals surface area (Å²) >= 11 is 1.65. The van der Waals surface area contributed by atoms with Crippen LogP contribution in [0.25, 0.3) is 10.2 Å². The lowest BCUT2D eigenvalue weighted by molar-refractivity contribution is -0.917. The molecule has 0 bridgehead atoms. The maximum absolute atomic E-state index is 13.1. The van der Waals surface area contributed by atoms with Gasteiger partial charge in [-0.1, -0.05) is 42.5 Å². The minimum absolute atomic E-state index is 0.0570. The summed E-state index contributed by atoms with van der Waals surface area (Å²) in [6.07, 6.45) is 0. The molecule has 6 nitrogen and oxygen atoms in total. The summed E-state index contributed by atoms with van der Waals surface area (Å²) in [5, 5.41) is 3.86. The first kappa shape index (κ1) is 18.6. The zero-order valence-corrected chi connectivity index (χ0v) is 16.9. The summed E-state index contributed by atoms with van der Waals surface area (Å²) in [5.41, 5.74) is 0.735. The Balaban J connectivity index is 1.53. The molecule has 1 aromatic heterocycles. The lowest BCUT2D eigenvalue weighted by Crippen LogP contribution is -3.10. The van der Waals surface area contributed by atoms with E-state index in [1.807, 2.05) is 55.6 Å². The molecule has 144 valence electrons. The van der Waals surface area contributed by atoms with Gasteiger partial charge in [-0.15, -0.1) is 11.3 Å². The first-order valence-electron chi connectivity index (χ1n) is 9.27. The van der Waals surface area contributed by atoms with Crippen molar-refractivity contribution >= 4 is 33.5 Å². The number of nitrogens with one attached hydrogen (secondary N) is 2. The van der Waals surface area contributed by atoms with Crippen molar-refractivity contribution in [3.05, 3.63) is 65.2 Å². The number of nitrogens with zero attached hydrogens (tertiary/aromatic N) is 2. The van der Waals surface area contributed by atoms with Crippen LogP contribution in [0, 0.1) is 0 Å². The van der Waals surface area contributed by atoms with E-state index in [0.29, 0.717) is 0 Å². The van der Waals surface area contributed by atoms with Gasteiger partial charge in [0.05, 0.1) is 17.3 Å². The van der Waals surface area contributed by atoms with Gasteiger partial charge in [0.1, 0.15) is 11.6 Å². The van der Waals surface area contributed by atoms with Crippen LogP contribution in [0.3, 0.4) is 0 Å². The number of amides is 3. The van der Waals surface area contributed by atoms with Crippen LogP contribution in [0.2, 0.25) is 0 Å². The molecule has 1 fully saturated rings. The molecule has 2 N–H and O–H groups in total. The Morgan fingerprint density at radius 1 is 1.14 bits per heavy atom. The molecule has 7 heteroatoms. The Labute approximate surface area is 167 Å². The molecule has 2 aromatic carbocycles. The van der Waals surface area contributed by atoms with Crippen LogP contribution < -0.4 is 10.2 Å². The predicted octanol–water partition coefficient (Wildman–Crippen LogP) is 2.30. The van der Waals surface area contributed by atoms with E-state index in [4.69, 9.17) is 4.98 Å². The van der Waals surface area contributed by atoms with E-state index in [-0.39, 0.29) is 24.6 Å². The highest BCUT2D eigenvalue weighted by atomic mass is 32.1. The molecule has 4 rings (SSSR count). The number of hydrogen-bond donors (Lipinski definition) is 2. The number of rotatable bonds is 5. The molecule has 0 saturated carbocycles. The highest BCUT2D eigenvalue weighted by Gasteiger charge is 2.50. The SMILES string of the molecule is C[C@H](c1nc2ccccc2s1)[NH+](C)CN1C(=O)N[C@](C)(c2ccccc2)C1=O. The summed E-state index contributed by atoms with van der Waals surface area (Å²) in [6, 6.07) is 17.1. The van der Waals surface area contributed by atoms with Gasteiger partial charge in [-0.2, -0.15) is 0 Å². The van der Waals surface area contributed by atoms with Crippen LogP contribution in [0.5, 0.6) is 0 Å². The largest absolute Gasteiger partial charge is 0.329 e. The monoisotopic (exact) mass is 395 g/mol. The van der Waals surface area contributed by atoms with Crippen LogP contribution in [0.1, 0.15) is 30.5 Å². The second kappa shape index (κ2) is 7.00. The summed E-state index contributed by atoms with van der Waals surface area (Å²) in [5.74, 6) is -0.223. The van der Waals surface area contributed by atoms with Gasteiger partial charge in [-0.05, 0) is 31.5 Å². The zero-order chi connectivity index (χ0) is 19.9. The molecule has 0 aliphatic carbocycles. The summed E-state index contributed by atoms with van der Waals surface area (Å²) < 4.78 is 1.14. The molecule has 2 heterocycles. The van der Waals surface area contributed by atoms with E-state index in [2.05, 4.69) is 18.3 Å². The molecular formula is C21H23N4O2S+. The fourth-order valence-corrected chi connectivity index (χ4v) is 4.59. The van der Waals surface area contributed by atoms with Gasteiger partial charge in [0.15, 0.2) is 11.7 Å². The van der Waals surface area contributed by atoms with E-state index in [1.54, 1.807) is 18.3 Å². The van der Waals surface area contributed by atoms with E-state index in [0.717, 1.165) is 25.7 Å². The van der Waals surface area contributed by atoms with Crippen molar-refractivity contribution < 1.29 is 14.5 Å². The first-order valence-corrected chi connectivity index (χ1v) is 10.1. The third-order valence-corrected chi connectivity index (χ3v) is 6.67. The Kier molecular flexibility index (Phi) is 4.64. The maximum atomic E-state index is 13.1. The molecule has 0 radical (unpaired) electrons. The van der Waals surface area contributed by atoms with E-state index < -0.39 is 5.54 Å². The second-order valence-corrected chi connectivity index (χ2v) is 8.46. The number of quaternary nitrogens is 1. The van der Waals surface area contributed by atoms with Crippen molar-refractivity contribution in [3.63, 3.8) is 0 Å². The standard InChI is InChI=1S/C21H22N4O2S/c1-14(18-22-16-11-7-8-12-17(16)28-18)24(3)13-25-19(26)21(2,23-20(25)27)15-9-5-4-6-10-15/h4-12,14H,13H2,1-3H3,(H,23,27)/p+1/t14-,21-/m1/s1. The number of thiazole rings is 1. The van der Waals surface area contributed by atoms with Gasteiger partial charge in [0, 0.05) is 0 Å². The van der Waals surface area contributed by atoms with Crippen molar-refractivity contribution in [2.45, 2.75) is 25.4 Å². The molecule has 1 aliphatic rings. The summed E-state index contributed by atoms with van der Waals surface area (Å²) in [6.45, 7) is 4.11. The third-order valence-electron chi connectivity index (χ3n) is 5.45. The number of fused-ring (bicyclic) bond motifs is 1. The lowest BCUT2D eigenvalue weighted by atomic mass is 9.92. The molecule has 0 spiro atoms. The average Bonchev–Trinajstić information content (AvgIpc) is 3.23. The van der Waals surface area contributed by atoms with Crippen LogP contribution in [-0.2, 0) is 10.3 Å². The molecule has 28 heavy (non-hydrogen) atoms. The fraction of sp³-hybridized carbons (Fsp3) is 0.286. The van der Waals surface area contributed by atoms with Crippen LogP contribution in [0.15, 0.2) is 54.6 Å². The van der Waals surface area contributed by atoms with E-state index >= 15 is 0 Å². The van der Waals surface area contributed by atoms with Crippen LogP contribution in [0.4, 0.5) is 4.79 Å². The van der Waals surface area contributed by atoms with Gasteiger partial charge in [-0.3, -0.25) is 4.79 Å². The Bertz CT molecular complexity index is 1000. The highest BCUT2D eigenvalue weighted by molar-refractivity contribution is 7.18. The number of para-hydroxylation sites is 1. The normalized spacial score (nSPS) is 21.8. The summed E-state index contributed by atoms with van der Waals surface area (Å²) in [7, 11) is 1.98. The minimum Gasteiger partial charge on any atom is -0.319 e. The van der Waals surface area contributed by atoms with Gasteiger partial charge in [-0.25, -0.2) is 14.7 Å². The lowest BCUT2D eigenvalue weighted by Gasteiger charge is -2.25. The molecule has 3 atom stereocenters. The van der Waals surface area contributed by atoms with Crippen molar-refractivity contribution in [3.8, 4) is 0 Å². The van der Waals surface area contributed by atoms with E-state index in [1.165, 1.54) is 4.90 Å². The number of carbonyl (C=O) groups excluding carboxylic acids is 2. The quantitative estimate of drug-likeness (QED) is 0.652. The fourth-order valence-electron chi connectivity index (χ4n) is 3.48. The zero-order valence-electron chi connectivity index (χ0n) is 16.1. The highest BCUT2D eigenvalue weighted by Crippen LogP contribution is 2.28. The van der Waals surface area contributed by atoms with Crippen LogP contribution in [-0.4, -0.2) is 35.5 Å². The molecule has 1 saturated heterocycles. The number of aromatic nitrogens is 1. The number of carbonyl (C=O) groups is 2. The van der Waals surface area contributed by atoms with Crippen molar-refractivity contribution in [1.29, 1.82) is 0 Å². The van der Waals surface area contributed by atoms with Crippen LogP contribution >= 0.6 is 11.3 Å². The van der Waals surface area contributed by atoms with Crippen molar-refractivity contribution in [1.82, 2.24) is 15.2 Å². The Hall–Kier alpha value is -2.77. The number of benzene rings is 2. The topological polar surface area (TPSA) is 66.7 Å². The van der Waals surface area contributed by atoms with E-state index in [9.17, 15) is 9.59 Å². The third kappa shape index (κ3) is 3.06. The maximum Gasteiger partial charge on any atom is 0.329 e. The molecular weight excluding hydrogens is 372 g/mol. The molecule has 1 aliphatic heterocycles. The second-order valence-electron chi connectivity index (χ2n) is 7.40. The predicted molar refractivity (Wildman–Crippen MR) is 109 cm³/mol. The van der Waals surface area contributed by atoms with Gasteiger partial charge in [0.25, 0.3) is 5.91 Å². The van der Waals surface area contributed by atoms with Crippen molar-refractivity contribution in [2.75, 3.05) is 13.7 Å². The van der Waals surface area contributed by atoms with Crippen molar-refractivity contribution in [2.24, 2.45) is 0 Å². The number of imide groups is 1. The Morgan fingerprint density at radius 3 is 2.54 bits per heavy atom. The smallest absolute Gasteiger partial charge is 0.319 e.